The maximum absolute atomic E-state index is 16.0. The van der Waals surface area contributed by atoms with Crippen LogP contribution in [-0.2, 0) is 9.47 Å². The number of halogens is 1. The van der Waals surface area contributed by atoms with Crippen molar-refractivity contribution in [3.05, 3.63) is 70.3 Å². The molecule has 1 fully saturated rings. The monoisotopic (exact) mass is 559 g/mol. The fraction of sp³-hybridized carbons (Fsp3) is 0.323. The number of esters is 1. The number of fused-ring (bicyclic) bond motifs is 4. The second-order valence-electron chi connectivity index (χ2n) is 11.1. The lowest BCUT2D eigenvalue weighted by Crippen LogP contribution is -2.50. The van der Waals surface area contributed by atoms with Gasteiger partial charge in [0.1, 0.15) is 22.4 Å². The molecule has 3 heterocycles. The summed E-state index contributed by atoms with van der Waals surface area (Å²) in [4.78, 5) is 42.3. The summed E-state index contributed by atoms with van der Waals surface area (Å²) < 4.78 is 34.9. The van der Waals surface area contributed by atoms with Crippen LogP contribution >= 0.6 is 0 Å². The van der Waals surface area contributed by atoms with Gasteiger partial charge >= 0.3 is 12.1 Å². The fourth-order valence-corrected chi connectivity index (χ4v) is 5.42. The van der Waals surface area contributed by atoms with Gasteiger partial charge in [-0.2, -0.15) is 0 Å². The van der Waals surface area contributed by atoms with Crippen molar-refractivity contribution < 1.29 is 28.2 Å². The molecular weight excluding hydrogens is 529 g/mol. The van der Waals surface area contributed by atoms with Crippen LogP contribution in [0.15, 0.2) is 53.5 Å². The molecule has 0 aliphatic carbocycles. The number of ether oxygens (including phenoxy) is 3. The quantitative estimate of drug-likeness (QED) is 0.265. The molecule has 0 saturated carbocycles. The van der Waals surface area contributed by atoms with E-state index in [1.807, 2.05) is 62.1 Å². The van der Waals surface area contributed by atoms with Crippen LogP contribution in [0.1, 0.15) is 38.1 Å². The minimum atomic E-state index is -0.777. The molecule has 1 saturated heterocycles. The van der Waals surface area contributed by atoms with Crippen molar-refractivity contribution in [1.29, 1.82) is 0 Å². The van der Waals surface area contributed by atoms with E-state index in [0.29, 0.717) is 43.1 Å². The molecule has 0 unspecified atom stereocenters. The Balaban J connectivity index is 1.51. The number of pyridine rings is 1. The van der Waals surface area contributed by atoms with Gasteiger partial charge in [-0.1, -0.05) is 30.3 Å². The number of nitrogens with zero attached hydrogens (tertiary/aromatic N) is 3. The minimum Gasteiger partial charge on any atom is -0.462 e. The molecule has 0 radical (unpaired) electrons. The standard InChI is InChI=1S/C31H30FN3O6/c1-5-39-29(37)21-17-35-23-11-10-18-8-6-7-9-19(18)27(23)40-28-24(35)20(26(21)36)16-22(32)25(28)33-12-14-34(15-13-33)30(38)41-31(2,3)4/h6-11,16-17H,5,12-15H2,1-4H3. The third kappa shape index (κ3) is 4.53. The Hall–Kier alpha value is -4.60. The van der Waals surface area contributed by atoms with Crippen molar-refractivity contribution in [1.82, 2.24) is 9.47 Å². The first-order valence-electron chi connectivity index (χ1n) is 13.6. The summed E-state index contributed by atoms with van der Waals surface area (Å²) >= 11 is 0. The summed E-state index contributed by atoms with van der Waals surface area (Å²) in [6, 6.07) is 12.6. The molecule has 1 amide bonds. The molecular formula is C31H30FN3O6. The van der Waals surface area contributed by atoms with E-state index < -0.39 is 28.9 Å². The summed E-state index contributed by atoms with van der Waals surface area (Å²) in [6.45, 7) is 8.46. The van der Waals surface area contributed by atoms with Gasteiger partial charge in [0.2, 0.25) is 5.43 Å². The number of hydrogen-bond donors (Lipinski definition) is 0. The maximum Gasteiger partial charge on any atom is 0.410 e. The van der Waals surface area contributed by atoms with Crippen LogP contribution in [0.25, 0.3) is 27.4 Å². The van der Waals surface area contributed by atoms with Crippen LogP contribution in [0.3, 0.4) is 0 Å². The zero-order valence-corrected chi connectivity index (χ0v) is 23.3. The summed E-state index contributed by atoms with van der Waals surface area (Å²) in [5.41, 5.74) is -0.292. The maximum atomic E-state index is 16.0. The molecule has 0 bridgehead atoms. The van der Waals surface area contributed by atoms with Gasteiger partial charge in [0.15, 0.2) is 17.3 Å². The predicted molar refractivity (Wildman–Crippen MR) is 153 cm³/mol. The largest absolute Gasteiger partial charge is 0.462 e. The molecule has 41 heavy (non-hydrogen) atoms. The number of rotatable bonds is 3. The van der Waals surface area contributed by atoms with E-state index in [1.54, 1.807) is 16.4 Å². The van der Waals surface area contributed by atoms with E-state index >= 15 is 4.39 Å². The summed E-state index contributed by atoms with van der Waals surface area (Å²) in [5.74, 6) is -0.774. The highest BCUT2D eigenvalue weighted by Crippen LogP contribution is 2.48. The number of aromatic nitrogens is 1. The van der Waals surface area contributed by atoms with Crippen LogP contribution in [0.2, 0.25) is 0 Å². The SMILES string of the molecule is CCOC(=O)c1cn2c3c(c(N4CCN(C(=O)OC(C)(C)C)CC4)c(F)cc3c1=O)Oc1c-2ccc2ccccc12. The van der Waals surface area contributed by atoms with Crippen molar-refractivity contribution in [3.8, 4) is 17.2 Å². The second kappa shape index (κ2) is 9.79. The smallest absolute Gasteiger partial charge is 0.410 e. The Labute approximate surface area is 235 Å². The van der Waals surface area contributed by atoms with Gasteiger partial charge in [-0.15, -0.1) is 0 Å². The molecule has 4 aromatic rings. The number of carbonyl (C=O) groups excluding carboxylic acids is 2. The zero-order chi connectivity index (χ0) is 29.1. The summed E-state index contributed by atoms with van der Waals surface area (Å²) in [6.07, 6.45) is 1.03. The first kappa shape index (κ1) is 26.6. The Morgan fingerprint density at radius 2 is 1.73 bits per heavy atom. The highest BCUT2D eigenvalue weighted by molar-refractivity contribution is 6.02. The number of carbonyl (C=O) groups is 2. The van der Waals surface area contributed by atoms with Crippen molar-refractivity contribution in [2.45, 2.75) is 33.3 Å². The molecule has 0 N–H and O–H groups in total. The molecule has 10 heteroatoms. The van der Waals surface area contributed by atoms with E-state index in [9.17, 15) is 14.4 Å². The molecule has 212 valence electrons. The number of piperazine rings is 1. The van der Waals surface area contributed by atoms with Crippen LogP contribution in [-0.4, -0.2) is 59.9 Å². The van der Waals surface area contributed by atoms with Crippen LogP contribution in [0.5, 0.6) is 11.5 Å². The van der Waals surface area contributed by atoms with Gasteiger partial charge in [0.25, 0.3) is 0 Å². The first-order chi connectivity index (χ1) is 19.6. The van der Waals surface area contributed by atoms with Gasteiger partial charge in [-0.05, 0) is 45.2 Å². The summed E-state index contributed by atoms with van der Waals surface area (Å²) in [5, 5.41) is 1.73. The zero-order valence-electron chi connectivity index (χ0n) is 23.3. The number of benzene rings is 3. The summed E-state index contributed by atoms with van der Waals surface area (Å²) in [7, 11) is 0. The molecule has 6 rings (SSSR count). The Kier molecular flexibility index (Phi) is 6.36. The highest BCUT2D eigenvalue weighted by Gasteiger charge is 2.34. The molecule has 2 aliphatic heterocycles. The average Bonchev–Trinajstić information content (AvgIpc) is 2.93. The van der Waals surface area contributed by atoms with Gasteiger partial charge in [-0.25, -0.2) is 14.0 Å². The lowest BCUT2D eigenvalue weighted by molar-refractivity contribution is 0.0240. The van der Waals surface area contributed by atoms with Gasteiger partial charge in [0, 0.05) is 37.8 Å². The molecule has 0 spiro atoms. The van der Waals surface area contributed by atoms with Crippen LogP contribution in [0.4, 0.5) is 14.9 Å². The van der Waals surface area contributed by atoms with E-state index in [2.05, 4.69) is 0 Å². The first-order valence-corrected chi connectivity index (χ1v) is 13.6. The van der Waals surface area contributed by atoms with Crippen LogP contribution < -0.4 is 15.1 Å². The Bertz CT molecular complexity index is 1780. The van der Waals surface area contributed by atoms with Crippen LogP contribution in [0, 0.1) is 5.82 Å². The van der Waals surface area contributed by atoms with Crippen molar-refractivity contribution >= 4 is 39.4 Å². The molecule has 1 aromatic heterocycles. The lowest BCUT2D eigenvalue weighted by Gasteiger charge is -2.38. The molecule has 0 atom stereocenters. The number of hydrogen-bond acceptors (Lipinski definition) is 7. The van der Waals surface area contributed by atoms with Crippen molar-refractivity contribution in [2.24, 2.45) is 0 Å². The Morgan fingerprint density at radius 3 is 2.44 bits per heavy atom. The van der Waals surface area contributed by atoms with E-state index in [4.69, 9.17) is 14.2 Å². The predicted octanol–water partition coefficient (Wildman–Crippen LogP) is 5.62. The van der Waals surface area contributed by atoms with Gasteiger partial charge in [0.05, 0.1) is 17.7 Å². The van der Waals surface area contributed by atoms with E-state index in [-0.39, 0.29) is 29.0 Å². The van der Waals surface area contributed by atoms with Gasteiger partial charge in [-0.3, -0.25) is 4.79 Å². The van der Waals surface area contributed by atoms with E-state index in [0.717, 1.165) is 16.8 Å². The fourth-order valence-electron chi connectivity index (χ4n) is 5.42. The normalized spacial score (nSPS) is 14.6. The Morgan fingerprint density at radius 1 is 1.00 bits per heavy atom. The minimum absolute atomic E-state index is 0.0120. The average molecular weight is 560 g/mol. The third-order valence-corrected chi connectivity index (χ3v) is 7.24. The molecule has 2 aliphatic rings. The highest BCUT2D eigenvalue weighted by atomic mass is 19.1. The lowest BCUT2D eigenvalue weighted by atomic mass is 10.0. The second-order valence-corrected chi connectivity index (χ2v) is 11.1. The number of anilines is 1. The van der Waals surface area contributed by atoms with Crippen molar-refractivity contribution in [3.63, 3.8) is 0 Å². The third-order valence-electron chi connectivity index (χ3n) is 7.24. The topological polar surface area (TPSA) is 90.3 Å². The van der Waals surface area contributed by atoms with Gasteiger partial charge < -0.3 is 28.6 Å². The van der Waals surface area contributed by atoms with E-state index in [1.165, 1.54) is 6.20 Å². The van der Waals surface area contributed by atoms with Crippen molar-refractivity contribution in [2.75, 3.05) is 37.7 Å². The molecule has 3 aromatic carbocycles. The molecule has 9 nitrogen and oxygen atoms in total. The number of amides is 1.